The van der Waals surface area contributed by atoms with Crippen LogP contribution in [0.3, 0.4) is 0 Å². The average Bonchev–Trinajstić information content (AvgIpc) is 2.44. The van der Waals surface area contributed by atoms with Crippen LogP contribution >= 0.6 is 69.6 Å². The topological polar surface area (TPSA) is 180 Å². The highest BCUT2D eigenvalue weighted by molar-refractivity contribution is 6.64. The minimum absolute atomic E-state index is 0.0544. The summed E-state index contributed by atoms with van der Waals surface area (Å²) >= 11 is 34.6. The molecule has 3 N–H and O–H groups in total. The van der Waals surface area contributed by atoms with Gasteiger partial charge in [0.2, 0.25) is 5.24 Å². The van der Waals surface area contributed by atoms with Crippen molar-refractivity contribution >= 4 is 98.7 Å². The Balaban J connectivity index is 0.000000284. The first-order valence-corrected chi connectivity index (χ1v) is 30.1. The Labute approximate surface area is 532 Å². The molecular formula is C65H81Cl6FN2O11. The van der Waals surface area contributed by atoms with Crippen molar-refractivity contribution in [3.63, 3.8) is 0 Å². The van der Waals surface area contributed by atoms with E-state index in [2.05, 4.69) is 28.6 Å². The number of ether oxygens (including phenoxy) is 3. The molecule has 85 heavy (non-hydrogen) atoms. The molecule has 5 aromatic rings. The first-order chi connectivity index (χ1) is 40.8. The third kappa shape index (κ3) is 22.7. The predicted octanol–water partition coefficient (Wildman–Crippen LogP) is 14.9. The van der Waals surface area contributed by atoms with Crippen LogP contribution in [0.15, 0.2) is 121 Å². The maximum Gasteiger partial charge on any atom is 0.318 e. The van der Waals surface area contributed by atoms with E-state index in [4.69, 9.17) is 90.7 Å². The molecule has 4 aliphatic heterocycles. The molecule has 0 radical (unpaired) electrons. The van der Waals surface area contributed by atoms with Gasteiger partial charge in [-0.25, -0.2) is 0 Å². The van der Waals surface area contributed by atoms with E-state index in [1.54, 1.807) is 100 Å². The summed E-state index contributed by atoms with van der Waals surface area (Å²) in [5, 5.41) is 28.2. The lowest BCUT2D eigenvalue weighted by atomic mass is 9.83. The second-order valence-electron chi connectivity index (χ2n) is 21.4. The van der Waals surface area contributed by atoms with Gasteiger partial charge in [0.05, 0.1) is 45.9 Å². The van der Waals surface area contributed by atoms with E-state index in [0.29, 0.717) is 54.8 Å². The van der Waals surface area contributed by atoms with E-state index >= 15 is 0 Å². The number of hydrogen-bond acceptors (Lipinski definition) is 12. The van der Waals surface area contributed by atoms with Crippen molar-refractivity contribution in [2.24, 2.45) is 0 Å². The predicted molar refractivity (Wildman–Crippen MR) is 338 cm³/mol. The molecule has 0 aromatic heterocycles. The summed E-state index contributed by atoms with van der Waals surface area (Å²) in [5.74, 6) is -2.89. The number of aliphatic hydroxyl groups excluding tert-OH is 2. The molecule has 0 aliphatic carbocycles. The fraction of sp³-hybridized carbons (Fsp3) is 0.462. The molecule has 9 rings (SSSR count). The van der Waals surface area contributed by atoms with Gasteiger partial charge >= 0.3 is 23.9 Å². The standard InChI is InChI=1S/C18H24ClNO3.C17H22ClNO2.C10H11ClO2.C9H8Cl2O.C9H9ClO2.CH3F.CH4O/c1-18(11-21,12-4-3-5-13(19)8-12)17(22)23-16-9-14-6-7-15(10-16)20(14)2;1-11(12-4-3-5-13(18)8-12)17(20)21-16-9-14-6-7-15(10-16)19(14)2;1-7(10(12)13-2)8-4-3-5-9(11)6-8;2*1-6(9(11)12)7-3-2-4-8(10)5-7;2*1-2/h3-5,8,14-16,21H,6-7,9-11H2,1-2H3;3-5,8,11,14-16H,6-7,9-10H2,1-2H3;3-7H,1-2H3;2-6H,1H3;2-6H,1H3,(H,11,12);1H3;2H,1H3/i;;;;;1D;. The van der Waals surface area contributed by atoms with Crippen molar-refractivity contribution < 1.29 is 59.3 Å². The fourth-order valence-corrected chi connectivity index (χ4v) is 11.5. The number of aliphatic hydroxyl groups is 2. The van der Waals surface area contributed by atoms with Gasteiger partial charge in [0.15, 0.2) is 0 Å². The summed E-state index contributed by atoms with van der Waals surface area (Å²) in [6, 6.07) is 38.0. The number of benzene rings is 5. The van der Waals surface area contributed by atoms with Gasteiger partial charge in [0.1, 0.15) is 17.6 Å². The molecule has 9 atom stereocenters. The van der Waals surface area contributed by atoms with Crippen molar-refractivity contribution in [3.8, 4) is 0 Å². The zero-order valence-corrected chi connectivity index (χ0v) is 54.1. The number of methoxy groups -OCH3 is 1. The number of carbonyl (C=O) groups is 5. The van der Waals surface area contributed by atoms with Crippen molar-refractivity contribution in [2.45, 2.75) is 151 Å². The van der Waals surface area contributed by atoms with Crippen LogP contribution in [0, 0.1) is 0 Å². The van der Waals surface area contributed by atoms with Crippen molar-refractivity contribution in [2.75, 3.05) is 42.1 Å². The molecule has 4 aliphatic rings. The van der Waals surface area contributed by atoms with Crippen LogP contribution < -0.4 is 0 Å². The monoisotopic (exact) mass is 1300 g/mol. The van der Waals surface area contributed by atoms with E-state index < -0.39 is 24.5 Å². The number of halogens is 7. The van der Waals surface area contributed by atoms with E-state index in [-0.39, 0.29) is 59.7 Å². The normalized spacial score (nSPS) is 21.3. The van der Waals surface area contributed by atoms with Gasteiger partial charge < -0.3 is 39.3 Å². The first-order valence-electron chi connectivity index (χ1n) is 28.5. The summed E-state index contributed by atoms with van der Waals surface area (Å²) in [6.07, 6.45) is 8.57. The number of alkyl halides is 1. The molecule has 0 amide bonds. The van der Waals surface area contributed by atoms with Crippen LogP contribution in [0.2, 0.25) is 25.1 Å². The minimum Gasteiger partial charge on any atom is -0.481 e. The Hall–Kier alpha value is -4.84. The van der Waals surface area contributed by atoms with Crippen molar-refractivity contribution in [1.82, 2.24) is 9.80 Å². The highest BCUT2D eigenvalue weighted by Gasteiger charge is 2.44. The van der Waals surface area contributed by atoms with Crippen LogP contribution in [0.5, 0.6) is 0 Å². The zero-order valence-electron chi connectivity index (χ0n) is 50.5. The number of aliphatic carboxylic acids is 1. The SMILES string of the molecule is CC(C(=O)Cl)c1cccc(Cl)c1.CC(C(=O)O)c1cccc(Cl)c1.CC(C(=O)OC1CC2CCC(C1)N2C)c1cccc(Cl)c1.CN1C2CCC1CC(OC(=O)C(C)(CO)c1cccc(Cl)c1)C2.CO.COC(=O)C(C)c1cccc(Cl)c1.[2H]CF. The molecule has 466 valence electrons. The van der Waals surface area contributed by atoms with Gasteiger partial charge in [0, 0.05) is 56.4 Å². The third-order valence-corrected chi connectivity index (χ3v) is 17.4. The van der Waals surface area contributed by atoms with Gasteiger partial charge in [-0.3, -0.25) is 28.4 Å². The summed E-state index contributed by atoms with van der Waals surface area (Å²) in [6.45, 7) is 8.47. The number of carbonyl (C=O) groups excluding carboxylic acids is 4. The molecule has 0 saturated carbocycles. The molecule has 4 saturated heterocycles. The van der Waals surface area contributed by atoms with Gasteiger partial charge in [-0.05, 0) is 193 Å². The first kappa shape index (κ1) is 72.6. The van der Waals surface area contributed by atoms with E-state index in [1.165, 1.54) is 32.8 Å². The molecule has 13 nitrogen and oxygen atoms in total. The summed E-state index contributed by atoms with van der Waals surface area (Å²) in [4.78, 5) is 62.5. The van der Waals surface area contributed by atoms with Gasteiger partial charge in [-0.2, -0.15) is 0 Å². The minimum atomic E-state index is -1.08. The molecule has 5 aromatic carbocycles. The lowest BCUT2D eigenvalue weighted by molar-refractivity contribution is -0.160. The van der Waals surface area contributed by atoms with Crippen LogP contribution in [0.25, 0.3) is 0 Å². The fourth-order valence-electron chi connectivity index (χ4n) is 10.4. The number of carboxylic acids is 1. The molecule has 9 unspecified atom stereocenters. The van der Waals surface area contributed by atoms with E-state index in [1.807, 2.05) is 55.5 Å². The highest BCUT2D eigenvalue weighted by atomic mass is 35.5. The number of fused-ring (bicyclic) bond motifs is 4. The largest absolute Gasteiger partial charge is 0.481 e. The van der Waals surface area contributed by atoms with Crippen molar-refractivity contribution in [3.05, 3.63) is 174 Å². The summed E-state index contributed by atoms with van der Waals surface area (Å²) < 4.78 is 31.7. The van der Waals surface area contributed by atoms with Crippen molar-refractivity contribution in [1.29, 1.82) is 0 Å². The number of piperidine rings is 2. The Morgan fingerprint density at radius 1 is 0.576 bits per heavy atom. The smallest absolute Gasteiger partial charge is 0.318 e. The zero-order chi connectivity index (χ0) is 64.4. The van der Waals surface area contributed by atoms with Crippen LogP contribution in [-0.4, -0.2) is 133 Å². The van der Waals surface area contributed by atoms with E-state index in [9.17, 15) is 33.5 Å². The Kier molecular flexibility index (Phi) is 31.7. The number of rotatable bonds is 13. The number of nitrogens with zero attached hydrogens (tertiary/aromatic N) is 2. The van der Waals surface area contributed by atoms with E-state index in [0.717, 1.165) is 55.0 Å². The molecule has 20 heteroatoms. The number of esters is 3. The lowest BCUT2D eigenvalue weighted by Gasteiger charge is -2.37. The second-order valence-corrected chi connectivity index (χ2v) is 24.0. The maximum atomic E-state index is 12.8. The van der Waals surface area contributed by atoms with Gasteiger partial charge in [0.25, 0.3) is 0 Å². The second kappa shape index (κ2) is 37.1. The quantitative estimate of drug-likeness (QED) is 0.0576. The molecule has 4 bridgehead atoms. The molecule has 4 heterocycles. The Morgan fingerprint density at radius 3 is 1.21 bits per heavy atom. The number of carboxylic acid groups (broad SMARTS) is 1. The average molecular weight is 1300 g/mol. The molecule has 0 spiro atoms. The van der Waals surface area contributed by atoms with Crippen LogP contribution in [-0.2, 0) is 43.6 Å². The van der Waals surface area contributed by atoms with Crippen LogP contribution in [0.1, 0.15) is 139 Å². The van der Waals surface area contributed by atoms with Crippen LogP contribution in [0.4, 0.5) is 4.39 Å². The summed E-state index contributed by atoms with van der Waals surface area (Å²) in [7, 11) is 5.72. The number of hydrogen-bond donors (Lipinski definition) is 3. The lowest BCUT2D eigenvalue weighted by Crippen LogP contribution is -2.46. The van der Waals surface area contributed by atoms with Gasteiger partial charge in [-0.15, -0.1) is 0 Å². The molecule has 4 fully saturated rings. The third-order valence-electron chi connectivity index (χ3n) is 15.9. The Bertz CT molecular complexity index is 2860. The Morgan fingerprint density at radius 2 is 0.894 bits per heavy atom. The molecular weight excluding hydrogens is 1220 g/mol. The van der Waals surface area contributed by atoms with Gasteiger partial charge in [-0.1, -0.05) is 126 Å². The highest BCUT2D eigenvalue weighted by Crippen LogP contribution is 2.38. The maximum absolute atomic E-state index is 12.8. The summed E-state index contributed by atoms with van der Waals surface area (Å²) in [5.41, 5.74) is 2.99.